The highest BCUT2D eigenvalue weighted by Crippen LogP contribution is 2.29. The molecule has 2 atom stereocenters. The van der Waals surface area contributed by atoms with Gasteiger partial charge < -0.3 is 15.2 Å². The van der Waals surface area contributed by atoms with Gasteiger partial charge in [0.05, 0.1) is 24.0 Å². The summed E-state index contributed by atoms with van der Waals surface area (Å²) in [5.74, 6) is 0.0364. The van der Waals surface area contributed by atoms with Crippen molar-refractivity contribution in [3.63, 3.8) is 0 Å². The van der Waals surface area contributed by atoms with Gasteiger partial charge in [-0.05, 0) is 58.4 Å². The predicted molar refractivity (Wildman–Crippen MR) is 164 cm³/mol. The van der Waals surface area contributed by atoms with Gasteiger partial charge in [-0.2, -0.15) is 0 Å². The largest absolute Gasteiger partial charge is 0.465 e. The Bertz CT molecular complexity index is 1040. The zero-order valence-electron chi connectivity index (χ0n) is 25.7. The van der Waals surface area contributed by atoms with E-state index in [1.165, 1.54) is 38.0 Å². The third-order valence-electron chi connectivity index (χ3n) is 5.94. The van der Waals surface area contributed by atoms with Gasteiger partial charge in [0.1, 0.15) is 5.75 Å². The van der Waals surface area contributed by atoms with E-state index in [0.717, 1.165) is 11.3 Å². The van der Waals surface area contributed by atoms with Gasteiger partial charge in [0.25, 0.3) is 11.8 Å². The third kappa shape index (κ3) is 12.2. The minimum absolute atomic E-state index is 0.143. The van der Waals surface area contributed by atoms with Crippen molar-refractivity contribution in [1.29, 1.82) is 0 Å². The molecule has 2 unspecified atom stereocenters. The number of allylic oxidation sites excluding steroid dienone is 4. The van der Waals surface area contributed by atoms with E-state index in [9.17, 15) is 14.4 Å². The number of amides is 3. The van der Waals surface area contributed by atoms with Crippen LogP contribution >= 0.6 is 0 Å². The average Bonchev–Trinajstić information content (AvgIpc) is 3.20. The summed E-state index contributed by atoms with van der Waals surface area (Å²) in [6.45, 7) is 15.6. The molecule has 1 heterocycles. The van der Waals surface area contributed by atoms with Gasteiger partial charge in [-0.25, -0.2) is 4.90 Å². The van der Waals surface area contributed by atoms with Crippen molar-refractivity contribution in [2.24, 2.45) is 5.92 Å². The lowest BCUT2D eigenvalue weighted by Crippen LogP contribution is -2.35. The van der Waals surface area contributed by atoms with Crippen LogP contribution in [0.2, 0.25) is 0 Å². The van der Waals surface area contributed by atoms with Crippen LogP contribution in [-0.2, 0) is 4.79 Å². The highest BCUT2D eigenvalue weighted by Gasteiger charge is 2.37. The molecule has 2 rings (SSSR count). The Kier molecular flexibility index (Phi) is 19.5. The minimum Gasteiger partial charge on any atom is -0.465 e. The monoisotopic (exact) mass is 554 g/mol. The first kappa shape index (κ1) is 36.5. The van der Waals surface area contributed by atoms with Crippen molar-refractivity contribution in [1.82, 2.24) is 10.2 Å². The van der Waals surface area contributed by atoms with Crippen LogP contribution in [0.15, 0.2) is 66.6 Å². The van der Waals surface area contributed by atoms with Gasteiger partial charge in [0, 0.05) is 17.7 Å². The van der Waals surface area contributed by atoms with Crippen LogP contribution in [0.25, 0.3) is 0 Å². The maximum absolute atomic E-state index is 12.5. The Hall–Kier alpha value is -3.45. The van der Waals surface area contributed by atoms with E-state index >= 15 is 0 Å². The van der Waals surface area contributed by atoms with Crippen LogP contribution in [-0.4, -0.2) is 40.4 Å². The van der Waals surface area contributed by atoms with Crippen LogP contribution in [0.5, 0.6) is 5.75 Å². The Morgan fingerprint density at radius 2 is 1.70 bits per heavy atom. The molecule has 0 bridgehead atoms. The van der Waals surface area contributed by atoms with E-state index in [4.69, 9.17) is 9.84 Å². The zero-order chi connectivity index (χ0) is 30.5. The number of nitrogens with one attached hydrogen (secondary N) is 1. The van der Waals surface area contributed by atoms with Gasteiger partial charge in [0.2, 0.25) is 5.91 Å². The van der Waals surface area contributed by atoms with E-state index in [-0.39, 0.29) is 30.4 Å². The summed E-state index contributed by atoms with van der Waals surface area (Å²) in [6.07, 6.45) is 17.8. The summed E-state index contributed by atoms with van der Waals surface area (Å²) in [4.78, 5) is 37.7. The lowest BCUT2D eigenvalue weighted by Gasteiger charge is -2.14. The number of benzene rings is 1. The number of carbonyl (C=O) groups is 3. The number of nitrogens with zero attached hydrogens (tertiary/aromatic N) is 1. The number of imide groups is 1. The molecule has 0 aromatic heterocycles. The Balaban J connectivity index is 0.000000752. The standard InChI is InChI=1S/C17H17NO4.C14H27NO.C2H6/c1-3-10-22-13-7-8-14-15(11-13)17(21)18(16(14)20)12(4-2)6-5-9-19;1-5-7-8-9-11-12(3)14(16)15-13(4)10-6-2;1-2/h3-8,10-11,19H,9H2,1-2H3;6,10,12-13H,5,7-9,11H2,1-4H3,(H,15,16);1-2H3/b6-5-,10-3+,12-4+;10-6-;. The first-order valence-electron chi connectivity index (χ1n) is 14.4. The molecule has 0 fully saturated rings. The molecule has 1 aromatic rings. The van der Waals surface area contributed by atoms with E-state index in [1.54, 1.807) is 43.4 Å². The number of aliphatic hydroxyl groups is 1. The number of fused-ring (bicyclic) bond motifs is 1. The van der Waals surface area contributed by atoms with Gasteiger partial charge in [-0.1, -0.05) is 83.8 Å². The van der Waals surface area contributed by atoms with Gasteiger partial charge in [-0.15, -0.1) is 0 Å². The highest BCUT2D eigenvalue weighted by molar-refractivity contribution is 6.22. The quantitative estimate of drug-likeness (QED) is 0.0874. The van der Waals surface area contributed by atoms with Crippen molar-refractivity contribution >= 4 is 17.7 Å². The molecule has 0 saturated carbocycles. The molecular weight excluding hydrogens is 504 g/mol. The van der Waals surface area contributed by atoms with E-state index in [2.05, 4.69) is 12.2 Å². The number of hydrogen-bond acceptors (Lipinski definition) is 5. The van der Waals surface area contributed by atoms with E-state index in [0.29, 0.717) is 22.6 Å². The fourth-order valence-electron chi connectivity index (χ4n) is 3.86. The molecule has 222 valence electrons. The van der Waals surface area contributed by atoms with Crippen molar-refractivity contribution in [2.75, 3.05) is 6.61 Å². The van der Waals surface area contributed by atoms with Crippen molar-refractivity contribution in [3.8, 4) is 5.75 Å². The molecule has 3 amide bonds. The first-order valence-corrected chi connectivity index (χ1v) is 14.4. The molecular formula is C33H50N2O5. The van der Waals surface area contributed by atoms with Crippen LogP contribution in [0, 0.1) is 5.92 Å². The second kappa shape index (κ2) is 21.4. The highest BCUT2D eigenvalue weighted by atomic mass is 16.5. The molecule has 1 aromatic carbocycles. The third-order valence-corrected chi connectivity index (χ3v) is 5.94. The molecule has 1 aliphatic rings. The number of carbonyl (C=O) groups excluding carboxylic acids is 3. The molecule has 0 spiro atoms. The summed E-state index contributed by atoms with van der Waals surface area (Å²) in [5.41, 5.74) is 1.08. The zero-order valence-corrected chi connectivity index (χ0v) is 25.7. The smallest absolute Gasteiger partial charge is 0.266 e. The SMILES string of the molecule is C/C=C/Oc1ccc2c(c1)C(=O)N(C(/C=C\CO)=C/C)C2=O.C/C=C\C(C)NC(=O)C(C)CCCCCC.CC. The predicted octanol–water partition coefficient (Wildman–Crippen LogP) is 7.35. The molecule has 1 aliphatic heterocycles. The van der Waals surface area contributed by atoms with Gasteiger partial charge >= 0.3 is 0 Å². The fourth-order valence-corrected chi connectivity index (χ4v) is 3.86. The van der Waals surface area contributed by atoms with Gasteiger partial charge in [-0.3, -0.25) is 14.4 Å². The number of hydrogen-bond donors (Lipinski definition) is 2. The van der Waals surface area contributed by atoms with Crippen molar-refractivity contribution in [2.45, 2.75) is 93.5 Å². The number of ether oxygens (including phenoxy) is 1. The average molecular weight is 555 g/mol. The molecule has 7 heteroatoms. The Morgan fingerprint density at radius 1 is 1.02 bits per heavy atom. The van der Waals surface area contributed by atoms with Crippen LogP contribution in [0.3, 0.4) is 0 Å². The Labute approximate surface area is 241 Å². The van der Waals surface area contributed by atoms with E-state index < -0.39 is 5.91 Å². The van der Waals surface area contributed by atoms with Crippen LogP contribution < -0.4 is 10.1 Å². The molecule has 0 saturated heterocycles. The Morgan fingerprint density at radius 3 is 2.27 bits per heavy atom. The molecule has 0 aliphatic carbocycles. The fraction of sp³-hybridized carbons (Fsp3) is 0.485. The second-order valence-electron chi connectivity index (χ2n) is 9.11. The molecule has 40 heavy (non-hydrogen) atoms. The number of rotatable bonds is 13. The van der Waals surface area contributed by atoms with Crippen LogP contribution in [0.1, 0.15) is 108 Å². The van der Waals surface area contributed by atoms with Gasteiger partial charge in [0.15, 0.2) is 0 Å². The maximum atomic E-state index is 12.5. The first-order chi connectivity index (χ1) is 19.2. The van der Waals surface area contributed by atoms with Crippen molar-refractivity contribution < 1.29 is 24.2 Å². The maximum Gasteiger partial charge on any atom is 0.266 e. The number of unbranched alkanes of at least 4 members (excludes halogenated alkanes) is 3. The lowest BCUT2D eigenvalue weighted by molar-refractivity contribution is -0.125. The van der Waals surface area contributed by atoms with E-state index in [1.807, 2.05) is 53.7 Å². The number of aliphatic hydroxyl groups excluding tert-OH is 1. The molecule has 7 nitrogen and oxygen atoms in total. The normalized spacial score (nSPS) is 14.5. The van der Waals surface area contributed by atoms with Crippen LogP contribution in [0.4, 0.5) is 0 Å². The lowest BCUT2D eigenvalue weighted by atomic mass is 10.0. The minimum atomic E-state index is -0.401. The molecule has 0 radical (unpaired) electrons. The summed E-state index contributed by atoms with van der Waals surface area (Å²) in [5, 5.41) is 11.8. The summed E-state index contributed by atoms with van der Waals surface area (Å²) < 4.78 is 5.33. The topological polar surface area (TPSA) is 95.9 Å². The summed E-state index contributed by atoms with van der Waals surface area (Å²) in [7, 11) is 0. The van der Waals surface area contributed by atoms with Crippen molar-refractivity contribution in [3.05, 3.63) is 77.7 Å². The molecule has 2 N–H and O–H groups in total. The summed E-state index contributed by atoms with van der Waals surface area (Å²) in [6, 6.07) is 4.93. The summed E-state index contributed by atoms with van der Waals surface area (Å²) >= 11 is 0. The second-order valence-corrected chi connectivity index (χ2v) is 9.11.